The Morgan fingerprint density at radius 1 is 1.57 bits per heavy atom. The van der Waals surface area contributed by atoms with Gasteiger partial charge in [-0.15, -0.1) is 0 Å². The molecule has 0 aliphatic heterocycles. The molecule has 7 nitrogen and oxygen atoms in total. The molecule has 9 heteroatoms. The third-order valence-corrected chi connectivity index (χ3v) is 2.81. The molecule has 1 aromatic rings. The van der Waals surface area contributed by atoms with E-state index in [0.29, 0.717) is 0 Å². The van der Waals surface area contributed by atoms with Crippen LogP contribution in [0.4, 0.5) is 5.69 Å². The van der Waals surface area contributed by atoms with Crippen LogP contribution < -0.4 is 5.14 Å². The smallest absolute Gasteiger partial charge is 0.258 e. The molecule has 2 N–H and O–H groups in total. The number of hydrogen-bond acceptors (Lipinski definition) is 5. The van der Waals surface area contributed by atoms with E-state index in [1.165, 1.54) is 0 Å². The van der Waals surface area contributed by atoms with E-state index in [1.54, 1.807) is 0 Å². The summed E-state index contributed by atoms with van der Waals surface area (Å²) in [5.74, 6) is 0. The first kappa shape index (κ1) is 11.0. The van der Waals surface area contributed by atoms with E-state index in [1.807, 2.05) is 0 Å². The van der Waals surface area contributed by atoms with E-state index in [2.05, 4.69) is 20.9 Å². The Bertz CT molecular complexity index is 486. The number of sulfonamides is 1. The van der Waals surface area contributed by atoms with Gasteiger partial charge in [0.05, 0.1) is 4.92 Å². The maximum atomic E-state index is 10.8. The van der Waals surface area contributed by atoms with E-state index in [0.717, 1.165) is 12.3 Å². The summed E-state index contributed by atoms with van der Waals surface area (Å²) in [5.41, 5.74) is -0.448. The molecule has 0 atom stereocenters. The molecule has 1 rings (SSSR count). The van der Waals surface area contributed by atoms with Crippen LogP contribution in [-0.4, -0.2) is 18.3 Å². The normalized spacial score (nSPS) is 11.3. The van der Waals surface area contributed by atoms with Crippen molar-refractivity contribution in [1.29, 1.82) is 0 Å². The lowest BCUT2D eigenvalue weighted by atomic mass is 10.4. The quantitative estimate of drug-likeness (QED) is 0.478. The van der Waals surface area contributed by atoms with Crippen molar-refractivity contribution in [3.8, 4) is 0 Å². The second-order valence-corrected chi connectivity index (χ2v) is 4.60. The third kappa shape index (κ3) is 2.25. The zero-order valence-electron chi connectivity index (χ0n) is 6.55. The second-order valence-electron chi connectivity index (χ2n) is 2.28. The number of pyridine rings is 1. The monoisotopic (exact) mass is 281 g/mol. The van der Waals surface area contributed by atoms with Crippen LogP contribution in [0.5, 0.6) is 0 Å². The lowest BCUT2D eigenvalue weighted by Crippen LogP contribution is -2.12. The molecule has 0 radical (unpaired) electrons. The molecule has 14 heavy (non-hydrogen) atoms. The minimum absolute atomic E-state index is 0.0464. The maximum Gasteiger partial charge on any atom is 0.303 e. The molecule has 1 heterocycles. The van der Waals surface area contributed by atoms with Crippen molar-refractivity contribution in [2.75, 3.05) is 0 Å². The minimum Gasteiger partial charge on any atom is -0.258 e. The molecule has 0 saturated heterocycles. The first-order valence-corrected chi connectivity index (χ1v) is 5.49. The number of nitrogens with two attached hydrogens (primary N) is 1. The van der Waals surface area contributed by atoms with Gasteiger partial charge in [0.25, 0.3) is 0 Å². The Kier molecular flexibility index (Phi) is 2.83. The van der Waals surface area contributed by atoms with Gasteiger partial charge in [0.15, 0.2) is 4.60 Å². The predicted octanol–water partition coefficient (Wildman–Crippen LogP) is 0.400. The summed E-state index contributed by atoms with van der Waals surface area (Å²) < 4.78 is 21.6. The van der Waals surface area contributed by atoms with E-state index in [4.69, 9.17) is 5.14 Å². The summed E-state index contributed by atoms with van der Waals surface area (Å²) in [5, 5.41) is 15.2. The predicted molar refractivity (Wildman–Crippen MR) is 50.0 cm³/mol. The molecule has 0 aliphatic rings. The fourth-order valence-electron chi connectivity index (χ4n) is 0.702. The zero-order valence-corrected chi connectivity index (χ0v) is 8.95. The van der Waals surface area contributed by atoms with Crippen LogP contribution in [0.3, 0.4) is 0 Å². The third-order valence-electron chi connectivity index (χ3n) is 1.32. The highest BCUT2D eigenvalue weighted by Gasteiger charge is 2.18. The molecule has 76 valence electrons. The summed E-state index contributed by atoms with van der Waals surface area (Å²) >= 11 is 2.81. The van der Waals surface area contributed by atoms with Crippen LogP contribution in [0.15, 0.2) is 21.8 Å². The van der Waals surface area contributed by atoms with E-state index < -0.39 is 25.5 Å². The lowest BCUT2D eigenvalue weighted by molar-refractivity contribution is -0.386. The summed E-state index contributed by atoms with van der Waals surface area (Å²) in [6, 6.07) is 0.840. The van der Waals surface area contributed by atoms with E-state index >= 15 is 0 Å². The molecule has 0 fully saturated rings. The highest BCUT2D eigenvalue weighted by molar-refractivity contribution is 9.10. The summed E-state index contributed by atoms with van der Waals surface area (Å²) in [6.45, 7) is 0. The van der Waals surface area contributed by atoms with Crippen molar-refractivity contribution in [1.82, 2.24) is 4.98 Å². The van der Waals surface area contributed by atoms with Gasteiger partial charge < -0.3 is 0 Å². The van der Waals surface area contributed by atoms with Gasteiger partial charge in [-0.25, -0.2) is 18.5 Å². The number of nitro groups is 1. The molecule has 0 amide bonds. The molecule has 0 bridgehead atoms. The van der Waals surface area contributed by atoms with Crippen LogP contribution in [-0.2, 0) is 10.0 Å². The first-order valence-electron chi connectivity index (χ1n) is 3.15. The van der Waals surface area contributed by atoms with Crippen molar-refractivity contribution < 1.29 is 13.3 Å². The minimum atomic E-state index is -3.96. The summed E-state index contributed by atoms with van der Waals surface area (Å²) in [4.78, 5) is 12.7. The summed E-state index contributed by atoms with van der Waals surface area (Å²) in [7, 11) is -3.96. The van der Waals surface area contributed by atoms with Crippen LogP contribution in [0.1, 0.15) is 0 Å². The number of aromatic nitrogens is 1. The Morgan fingerprint density at radius 2 is 2.14 bits per heavy atom. The fraction of sp³-hybridized carbons (Fsp3) is 0. The molecule has 0 unspecified atom stereocenters. The Hall–Kier alpha value is -1.06. The maximum absolute atomic E-state index is 10.8. The van der Waals surface area contributed by atoms with Gasteiger partial charge in [0, 0.05) is 12.3 Å². The van der Waals surface area contributed by atoms with Gasteiger partial charge in [-0.3, -0.25) is 10.1 Å². The SMILES string of the molecule is NS(=O)(=O)c1cnc(Br)c([N+](=O)[O-])c1. The van der Waals surface area contributed by atoms with Gasteiger partial charge in [0.1, 0.15) is 4.90 Å². The molecule has 0 aliphatic carbocycles. The van der Waals surface area contributed by atoms with Crippen molar-refractivity contribution in [3.63, 3.8) is 0 Å². The van der Waals surface area contributed by atoms with Gasteiger partial charge in [-0.2, -0.15) is 0 Å². The van der Waals surface area contributed by atoms with Crippen molar-refractivity contribution in [3.05, 3.63) is 27.0 Å². The highest BCUT2D eigenvalue weighted by Crippen LogP contribution is 2.24. The largest absolute Gasteiger partial charge is 0.303 e. The van der Waals surface area contributed by atoms with Crippen molar-refractivity contribution >= 4 is 31.6 Å². The molecular weight excluding hydrogens is 278 g/mol. The van der Waals surface area contributed by atoms with Crippen LogP contribution in [0.25, 0.3) is 0 Å². The first-order chi connectivity index (χ1) is 6.32. The lowest BCUT2D eigenvalue weighted by Gasteiger charge is -1.98. The Balaban J connectivity index is 3.42. The van der Waals surface area contributed by atoms with Crippen LogP contribution in [0.2, 0.25) is 0 Å². The number of hydrogen-bond donors (Lipinski definition) is 1. The molecule has 0 saturated carbocycles. The Labute approximate surface area is 87.3 Å². The van der Waals surface area contributed by atoms with Gasteiger partial charge in [-0.05, 0) is 15.9 Å². The van der Waals surface area contributed by atoms with E-state index in [-0.39, 0.29) is 4.60 Å². The molecule has 1 aromatic heterocycles. The molecular formula is C5H4BrN3O4S. The number of rotatable bonds is 2. The van der Waals surface area contributed by atoms with Gasteiger partial charge in [0.2, 0.25) is 10.0 Å². The fourth-order valence-corrected chi connectivity index (χ4v) is 1.54. The molecule has 0 spiro atoms. The van der Waals surface area contributed by atoms with Crippen molar-refractivity contribution in [2.24, 2.45) is 5.14 Å². The zero-order chi connectivity index (χ0) is 10.9. The van der Waals surface area contributed by atoms with Crippen molar-refractivity contribution in [2.45, 2.75) is 4.90 Å². The highest BCUT2D eigenvalue weighted by atomic mass is 79.9. The topological polar surface area (TPSA) is 116 Å². The average molecular weight is 282 g/mol. The molecule has 0 aromatic carbocycles. The number of primary sulfonamides is 1. The van der Waals surface area contributed by atoms with Crippen LogP contribution in [0, 0.1) is 10.1 Å². The summed E-state index contributed by atoms with van der Waals surface area (Å²) in [6.07, 6.45) is 0.937. The van der Waals surface area contributed by atoms with Crippen LogP contribution >= 0.6 is 15.9 Å². The number of halogens is 1. The second kappa shape index (κ2) is 3.59. The average Bonchev–Trinajstić information content (AvgIpc) is 2.02. The van der Waals surface area contributed by atoms with Gasteiger partial charge >= 0.3 is 5.69 Å². The number of nitrogens with zero attached hydrogens (tertiary/aromatic N) is 2. The standard InChI is InChI=1S/C5H4BrN3O4S/c6-5-4(9(10)11)1-3(2-8-5)14(7,12)13/h1-2H,(H2,7,12,13). The van der Waals surface area contributed by atoms with E-state index in [9.17, 15) is 18.5 Å². The Morgan fingerprint density at radius 3 is 2.57 bits per heavy atom. The van der Waals surface area contributed by atoms with Gasteiger partial charge in [-0.1, -0.05) is 0 Å².